The number of benzene rings is 1. The number of halogens is 1. The lowest BCUT2D eigenvalue weighted by Gasteiger charge is -2.04. The molecule has 2 aromatic rings. The Morgan fingerprint density at radius 3 is 2.80 bits per heavy atom. The molecule has 15 heavy (non-hydrogen) atoms. The van der Waals surface area contributed by atoms with Crippen LogP contribution < -0.4 is 4.74 Å². The van der Waals surface area contributed by atoms with E-state index in [0.29, 0.717) is 17.7 Å². The van der Waals surface area contributed by atoms with Crippen molar-refractivity contribution in [1.82, 2.24) is 4.98 Å². The van der Waals surface area contributed by atoms with E-state index in [2.05, 4.69) is 4.98 Å². The number of hydrogen-bond acceptors (Lipinski definition) is 1. The summed E-state index contributed by atoms with van der Waals surface area (Å²) >= 11 is 0. The Morgan fingerprint density at radius 2 is 2.13 bits per heavy atom. The fourth-order valence-electron chi connectivity index (χ4n) is 1.66. The monoisotopic (exact) mass is 207 g/mol. The van der Waals surface area contributed by atoms with E-state index < -0.39 is 0 Å². The zero-order valence-electron chi connectivity index (χ0n) is 8.93. The van der Waals surface area contributed by atoms with E-state index >= 15 is 0 Å². The highest BCUT2D eigenvalue weighted by Gasteiger charge is 2.10. The summed E-state index contributed by atoms with van der Waals surface area (Å²) in [6, 6.07) is 5.35. The lowest BCUT2D eigenvalue weighted by molar-refractivity contribution is 0.323. The summed E-state index contributed by atoms with van der Waals surface area (Å²) in [6.07, 6.45) is 0.873. The quantitative estimate of drug-likeness (QED) is 0.821. The van der Waals surface area contributed by atoms with E-state index in [-0.39, 0.29) is 5.82 Å². The van der Waals surface area contributed by atoms with Crippen molar-refractivity contribution < 1.29 is 9.13 Å². The molecule has 0 amide bonds. The summed E-state index contributed by atoms with van der Waals surface area (Å²) in [5.74, 6) is 0.0527. The molecule has 0 saturated heterocycles. The van der Waals surface area contributed by atoms with Crippen molar-refractivity contribution in [2.75, 3.05) is 6.61 Å². The summed E-state index contributed by atoms with van der Waals surface area (Å²) < 4.78 is 19.1. The van der Waals surface area contributed by atoms with E-state index in [0.717, 1.165) is 17.6 Å². The van der Waals surface area contributed by atoms with Crippen LogP contribution in [0.15, 0.2) is 18.2 Å². The van der Waals surface area contributed by atoms with Crippen LogP contribution in [0.1, 0.15) is 19.5 Å². The molecular formula is C12H14FNO. The van der Waals surface area contributed by atoms with Gasteiger partial charge in [0.2, 0.25) is 0 Å². The van der Waals surface area contributed by atoms with E-state index in [1.54, 1.807) is 6.07 Å². The fraction of sp³-hybridized carbons (Fsp3) is 0.333. The molecule has 1 heterocycles. The molecule has 0 spiro atoms. The van der Waals surface area contributed by atoms with Gasteiger partial charge in [0.25, 0.3) is 0 Å². The Morgan fingerprint density at radius 1 is 1.33 bits per heavy atom. The minimum Gasteiger partial charge on any atom is -0.491 e. The van der Waals surface area contributed by atoms with E-state index in [9.17, 15) is 4.39 Å². The third-order valence-electron chi connectivity index (χ3n) is 2.44. The minimum atomic E-state index is -0.273. The predicted molar refractivity (Wildman–Crippen MR) is 58.8 cm³/mol. The first kappa shape index (κ1) is 10.0. The zero-order chi connectivity index (χ0) is 10.8. The summed E-state index contributed by atoms with van der Waals surface area (Å²) in [6.45, 7) is 4.36. The van der Waals surface area contributed by atoms with Gasteiger partial charge < -0.3 is 9.72 Å². The number of H-pyrrole nitrogens is 1. The number of hydrogen-bond donors (Lipinski definition) is 1. The van der Waals surface area contributed by atoms with E-state index in [1.807, 2.05) is 26.0 Å². The number of ether oxygens (including phenoxy) is 1. The summed E-state index contributed by atoms with van der Waals surface area (Å²) in [4.78, 5) is 3.16. The molecule has 2 nitrogen and oxygen atoms in total. The number of rotatable bonds is 3. The Hall–Kier alpha value is -1.51. The molecule has 0 aliphatic carbocycles. The molecule has 1 aromatic heterocycles. The molecule has 1 N–H and O–H groups in total. The van der Waals surface area contributed by atoms with Gasteiger partial charge in [-0.15, -0.1) is 0 Å². The maximum atomic E-state index is 13.9. The van der Waals surface area contributed by atoms with Gasteiger partial charge in [-0.05, 0) is 31.5 Å². The van der Waals surface area contributed by atoms with Gasteiger partial charge >= 0.3 is 0 Å². The molecule has 1 aromatic carbocycles. The molecule has 2 rings (SSSR count). The van der Waals surface area contributed by atoms with Gasteiger partial charge in [0, 0.05) is 16.6 Å². The number of aromatic amines is 1. The summed E-state index contributed by atoms with van der Waals surface area (Å²) in [5, 5.41) is 0.609. The molecule has 80 valence electrons. The first-order chi connectivity index (χ1) is 7.26. The SMILES string of the molecule is CCOc1ccc2[nH]c(CC)cc2c1F. The first-order valence-electron chi connectivity index (χ1n) is 5.19. The van der Waals surface area contributed by atoms with Crippen LogP contribution >= 0.6 is 0 Å². The third-order valence-corrected chi connectivity index (χ3v) is 2.44. The average molecular weight is 207 g/mol. The lowest BCUT2D eigenvalue weighted by Crippen LogP contribution is -1.94. The van der Waals surface area contributed by atoms with Crippen LogP contribution in [0.2, 0.25) is 0 Å². The van der Waals surface area contributed by atoms with Crippen molar-refractivity contribution in [3.05, 3.63) is 29.7 Å². The Bertz CT molecular complexity index is 476. The first-order valence-corrected chi connectivity index (χ1v) is 5.19. The molecular weight excluding hydrogens is 193 g/mol. The van der Waals surface area contributed by atoms with E-state index in [1.165, 1.54) is 0 Å². The largest absolute Gasteiger partial charge is 0.491 e. The normalized spacial score (nSPS) is 10.9. The van der Waals surface area contributed by atoms with Crippen LogP contribution in [-0.2, 0) is 6.42 Å². The third kappa shape index (κ3) is 1.69. The van der Waals surface area contributed by atoms with Gasteiger partial charge in [-0.25, -0.2) is 4.39 Å². The number of aryl methyl sites for hydroxylation is 1. The van der Waals surface area contributed by atoms with Crippen molar-refractivity contribution in [3.8, 4) is 5.75 Å². The van der Waals surface area contributed by atoms with Crippen LogP contribution in [0.5, 0.6) is 5.75 Å². The van der Waals surface area contributed by atoms with Gasteiger partial charge in [-0.3, -0.25) is 0 Å². The second-order valence-electron chi connectivity index (χ2n) is 3.42. The molecule has 0 aliphatic heterocycles. The number of fused-ring (bicyclic) bond motifs is 1. The highest BCUT2D eigenvalue weighted by atomic mass is 19.1. The zero-order valence-corrected chi connectivity index (χ0v) is 8.93. The Balaban J connectivity index is 2.56. The molecule has 0 fully saturated rings. The van der Waals surface area contributed by atoms with Crippen molar-refractivity contribution in [2.24, 2.45) is 0 Å². The molecule has 3 heteroatoms. The smallest absolute Gasteiger partial charge is 0.174 e. The second-order valence-corrected chi connectivity index (χ2v) is 3.42. The van der Waals surface area contributed by atoms with Crippen LogP contribution in [0.3, 0.4) is 0 Å². The van der Waals surface area contributed by atoms with Gasteiger partial charge in [0.1, 0.15) is 0 Å². The Labute approximate surface area is 88.1 Å². The minimum absolute atomic E-state index is 0.273. The highest BCUT2D eigenvalue weighted by Crippen LogP contribution is 2.27. The van der Waals surface area contributed by atoms with Gasteiger partial charge in [0.15, 0.2) is 11.6 Å². The predicted octanol–water partition coefficient (Wildman–Crippen LogP) is 3.27. The summed E-state index contributed by atoms with van der Waals surface area (Å²) in [5.41, 5.74) is 1.87. The highest BCUT2D eigenvalue weighted by molar-refractivity contribution is 5.82. The Kier molecular flexibility index (Phi) is 2.62. The van der Waals surface area contributed by atoms with E-state index in [4.69, 9.17) is 4.74 Å². The molecule has 0 saturated carbocycles. The lowest BCUT2D eigenvalue weighted by atomic mass is 10.2. The maximum absolute atomic E-state index is 13.9. The maximum Gasteiger partial charge on any atom is 0.174 e. The number of nitrogens with one attached hydrogen (secondary N) is 1. The van der Waals surface area contributed by atoms with Crippen LogP contribution in [0.4, 0.5) is 4.39 Å². The molecule has 0 atom stereocenters. The average Bonchev–Trinajstić information content (AvgIpc) is 2.66. The van der Waals surface area contributed by atoms with Gasteiger partial charge in [0.05, 0.1) is 6.61 Å². The van der Waals surface area contributed by atoms with Crippen molar-refractivity contribution in [2.45, 2.75) is 20.3 Å². The number of aromatic nitrogens is 1. The van der Waals surface area contributed by atoms with Crippen molar-refractivity contribution >= 4 is 10.9 Å². The van der Waals surface area contributed by atoms with Gasteiger partial charge in [-0.2, -0.15) is 0 Å². The van der Waals surface area contributed by atoms with Crippen molar-refractivity contribution in [3.63, 3.8) is 0 Å². The van der Waals surface area contributed by atoms with Crippen LogP contribution in [0, 0.1) is 5.82 Å². The van der Waals surface area contributed by atoms with Crippen molar-refractivity contribution in [1.29, 1.82) is 0 Å². The topological polar surface area (TPSA) is 25.0 Å². The molecule has 0 aliphatic rings. The van der Waals surface area contributed by atoms with Crippen LogP contribution in [-0.4, -0.2) is 11.6 Å². The summed E-state index contributed by atoms with van der Waals surface area (Å²) in [7, 11) is 0. The molecule has 0 radical (unpaired) electrons. The molecule has 0 unspecified atom stereocenters. The second kappa shape index (κ2) is 3.93. The fourth-order valence-corrected chi connectivity index (χ4v) is 1.66. The van der Waals surface area contributed by atoms with Crippen LogP contribution in [0.25, 0.3) is 10.9 Å². The standard InChI is InChI=1S/C12H14FNO/c1-3-8-7-9-10(14-8)5-6-11(12(9)13)15-4-2/h5-7,14H,3-4H2,1-2H3. The molecule has 0 bridgehead atoms. The van der Waals surface area contributed by atoms with Gasteiger partial charge in [-0.1, -0.05) is 6.92 Å².